The van der Waals surface area contributed by atoms with Gasteiger partial charge in [0.1, 0.15) is 5.69 Å². The molecule has 1 heterocycles. The van der Waals surface area contributed by atoms with Crippen molar-refractivity contribution in [2.24, 2.45) is 0 Å². The Labute approximate surface area is 118 Å². The van der Waals surface area contributed by atoms with Crippen molar-refractivity contribution < 1.29 is 13.2 Å². The van der Waals surface area contributed by atoms with Crippen molar-refractivity contribution in [2.45, 2.75) is 24.8 Å². The molecule has 0 saturated heterocycles. The van der Waals surface area contributed by atoms with Crippen molar-refractivity contribution in [1.82, 2.24) is 9.78 Å². The van der Waals surface area contributed by atoms with E-state index in [0.29, 0.717) is 11.3 Å². The van der Waals surface area contributed by atoms with Gasteiger partial charge in [0, 0.05) is 24.1 Å². The normalized spacial score (nSPS) is 11.8. The van der Waals surface area contributed by atoms with Crippen LogP contribution in [0.15, 0.2) is 35.4 Å². The first-order chi connectivity index (χ1) is 9.32. The fourth-order valence-electron chi connectivity index (χ4n) is 1.84. The van der Waals surface area contributed by atoms with Gasteiger partial charge < -0.3 is 0 Å². The van der Waals surface area contributed by atoms with E-state index in [1.807, 2.05) is 13.8 Å². The molecule has 0 aliphatic heterocycles. The molecule has 0 radical (unpaired) electrons. The molecule has 2 aromatic rings. The minimum absolute atomic E-state index is 0.151. The molecule has 0 aliphatic rings. The van der Waals surface area contributed by atoms with E-state index in [9.17, 15) is 13.2 Å². The minimum Gasteiger partial charge on any atom is -0.298 e. The summed E-state index contributed by atoms with van der Waals surface area (Å²) in [7, 11) is -3.22. The Hall–Kier alpha value is -1.95. The molecule has 0 spiro atoms. The molecule has 2 rings (SSSR count). The number of aromatic nitrogens is 2. The third-order valence-corrected chi connectivity index (χ3v) is 4.10. The van der Waals surface area contributed by atoms with Gasteiger partial charge in [0.25, 0.3) is 0 Å². The lowest BCUT2D eigenvalue weighted by molar-refractivity contribution is 0.112. The van der Waals surface area contributed by atoms with E-state index < -0.39 is 9.84 Å². The van der Waals surface area contributed by atoms with Gasteiger partial charge in [0.15, 0.2) is 16.1 Å². The van der Waals surface area contributed by atoms with Crippen molar-refractivity contribution in [2.75, 3.05) is 6.26 Å². The Bertz CT molecular complexity index is 728. The van der Waals surface area contributed by atoms with E-state index in [2.05, 4.69) is 5.10 Å². The van der Waals surface area contributed by atoms with E-state index in [1.165, 1.54) is 12.1 Å². The van der Waals surface area contributed by atoms with E-state index in [0.717, 1.165) is 18.1 Å². The third kappa shape index (κ3) is 2.80. The molecule has 0 amide bonds. The molecule has 0 N–H and O–H groups in total. The van der Waals surface area contributed by atoms with Gasteiger partial charge >= 0.3 is 0 Å². The van der Waals surface area contributed by atoms with Crippen LogP contribution in [0.2, 0.25) is 0 Å². The largest absolute Gasteiger partial charge is 0.298 e. The predicted molar refractivity (Wildman–Crippen MR) is 76.5 cm³/mol. The number of carbonyl (C=O) groups excluding carboxylic acids is 1. The van der Waals surface area contributed by atoms with Gasteiger partial charge in [-0.15, -0.1) is 0 Å². The lowest BCUT2D eigenvalue weighted by Crippen LogP contribution is -2.00. The van der Waals surface area contributed by atoms with E-state index in [1.54, 1.807) is 23.0 Å². The lowest BCUT2D eigenvalue weighted by Gasteiger charge is -2.04. The summed E-state index contributed by atoms with van der Waals surface area (Å²) in [5.41, 5.74) is 1.78. The summed E-state index contributed by atoms with van der Waals surface area (Å²) in [6.45, 7) is 3.94. The fourth-order valence-corrected chi connectivity index (χ4v) is 2.47. The fraction of sp³-hybridized carbons (Fsp3) is 0.286. The first-order valence-corrected chi connectivity index (χ1v) is 8.07. The second-order valence-corrected chi connectivity index (χ2v) is 6.94. The number of hydrogen-bond donors (Lipinski definition) is 0. The Kier molecular flexibility index (Phi) is 3.76. The van der Waals surface area contributed by atoms with Crippen LogP contribution in [-0.4, -0.2) is 30.7 Å². The number of hydrogen-bond acceptors (Lipinski definition) is 4. The van der Waals surface area contributed by atoms with Crippen LogP contribution in [-0.2, 0) is 9.84 Å². The zero-order chi connectivity index (χ0) is 14.9. The summed E-state index contributed by atoms with van der Waals surface area (Å²) in [5.74, 6) is 0. The highest BCUT2D eigenvalue weighted by Crippen LogP contribution is 2.23. The maximum Gasteiger partial charge on any atom is 0.175 e. The van der Waals surface area contributed by atoms with Crippen molar-refractivity contribution in [3.63, 3.8) is 0 Å². The van der Waals surface area contributed by atoms with Crippen molar-refractivity contribution >= 4 is 16.1 Å². The SMILES string of the molecule is CC(C)n1cc(C=O)c(-c2ccc(S(C)(=O)=O)cc2)n1. The average Bonchev–Trinajstić information content (AvgIpc) is 2.82. The smallest absolute Gasteiger partial charge is 0.175 e. The Morgan fingerprint density at radius 3 is 2.25 bits per heavy atom. The number of aldehydes is 1. The molecule has 0 bridgehead atoms. The highest BCUT2D eigenvalue weighted by molar-refractivity contribution is 7.90. The predicted octanol–water partition coefficient (Wildman–Crippen LogP) is 2.35. The van der Waals surface area contributed by atoms with Gasteiger partial charge in [-0.25, -0.2) is 8.42 Å². The van der Waals surface area contributed by atoms with Crippen LogP contribution in [0.1, 0.15) is 30.2 Å². The number of rotatable bonds is 4. The highest BCUT2D eigenvalue weighted by atomic mass is 32.2. The van der Waals surface area contributed by atoms with Crippen molar-refractivity contribution in [1.29, 1.82) is 0 Å². The molecule has 20 heavy (non-hydrogen) atoms. The first-order valence-electron chi connectivity index (χ1n) is 6.17. The molecule has 5 nitrogen and oxygen atoms in total. The molecule has 1 aromatic heterocycles. The van der Waals surface area contributed by atoms with E-state index in [4.69, 9.17) is 0 Å². The lowest BCUT2D eigenvalue weighted by atomic mass is 10.1. The standard InChI is InChI=1S/C14H16N2O3S/c1-10(2)16-8-12(9-17)14(15-16)11-4-6-13(7-5-11)20(3,18)19/h4-10H,1-3H3. The molecular weight excluding hydrogens is 276 g/mol. The number of benzene rings is 1. The Morgan fingerprint density at radius 2 is 1.80 bits per heavy atom. The molecule has 1 aromatic carbocycles. The quantitative estimate of drug-likeness (QED) is 0.811. The number of sulfone groups is 1. The second kappa shape index (κ2) is 5.20. The van der Waals surface area contributed by atoms with Gasteiger partial charge in [0.05, 0.1) is 10.5 Å². The Morgan fingerprint density at radius 1 is 1.20 bits per heavy atom. The van der Waals surface area contributed by atoms with Gasteiger partial charge in [-0.3, -0.25) is 9.48 Å². The van der Waals surface area contributed by atoms with Crippen LogP contribution in [0.4, 0.5) is 0 Å². The van der Waals surface area contributed by atoms with Crippen LogP contribution in [0.25, 0.3) is 11.3 Å². The monoisotopic (exact) mass is 292 g/mol. The van der Waals surface area contributed by atoms with Crippen LogP contribution < -0.4 is 0 Å². The number of carbonyl (C=O) groups is 1. The summed E-state index contributed by atoms with van der Waals surface area (Å²) in [5, 5.41) is 4.38. The maximum absolute atomic E-state index is 11.4. The van der Waals surface area contributed by atoms with Gasteiger partial charge in [-0.1, -0.05) is 12.1 Å². The van der Waals surface area contributed by atoms with Crippen LogP contribution in [0.3, 0.4) is 0 Å². The molecule has 0 unspecified atom stereocenters. The van der Waals surface area contributed by atoms with Gasteiger partial charge in [-0.05, 0) is 26.0 Å². The molecule has 0 atom stereocenters. The molecule has 6 heteroatoms. The summed E-state index contributed by atoms with van der Waals surface area (Å²) in [4.78, 5) is 11.4. The van der Waals surface area contributed by atoms with E-state index in [-0.39, 0.29) is 10.9 Å². The van der Waals surface area contributed by atoms with Gasteiger partial charge in [-0.2, -0.15) is 5.10 Å². The average molecular weight is 292 g/mol. The van der Waals surface area contributed by atoms with Gasteiger partial charge in [0.2, 0.25) is 0 Å². The summed E-state index contributed by atoms with van der Waals surface area (Å²) in [6, 6.07) is 6.52. The van der Waals surface area contributed by atoms with E-state index >= 15 is 0 Å². The molecule has 0 saturated carbocycles. The maximum atomic E-state index is 11.4. The Balaban J connectivity index is 2.49. The summed E-state index contributed by atoms with van der Waals surface area (Å²) >= 11 is 0. The van der Waals surface area contributed by atoms with Crippen LogP contribution in [0, 0.1) is 0 Å². The molecular formula is C14H16N2O3S. The molecule has 0 aliphatic carbocycles. The topological polar surface area (TPSA) is 69.0 Å². The summed E-state index contributed by atoms with van der Waals surface area (Å²) in [6.07, 6.45) is 3.61. The van der Waals surface area contributed by atoms with Crippen LogP contribution >= 0.6 is 0 Å². The van der Waals surface area contributed by atoms with Crippen molar-refractivity contribution in [3.8, 4) is 11.3 Å². The summed E-state index contributed by atoms with van der Waals surface area (Å²) < 4.78 is 24.6. The van der Waals surface area contributed by atoms with Crippen LogP contribution in [0.5, 0.6) is 0 Å². The third-order valence-electron chi connectivity index (χ3n) is 2.97. The molecule has 106 valence electrons. The van der Waals surface area contributed by atoms with Crippen molar-refractivity contribution in [3.05, 3.63) is 36.0 Å². The highest BCUT2D eigenvalue weighted by Gasteiger charge is 2.13. The zero-order valence-corrected chi connectivity index (χ0v) is 12.4. The zero-order valence-electron chi connectivity index (χ0n) is 11.6. The first kappa shape index (κ1) is 14.5. The minimum atomic E-state index is -3.22. The number of nitrogens with zero attached hydrogens (tertiary/aromatic N) is 2. The molecule has 0 fully saturated rings. The second-order valence-electron chi connectivity index (χ2n) is 4.92.